The number of rotatable bonds is 6. The number of nitrogens with zero attached hydrogens (tertiary/aromatic N) is 5. The van der Waals surface area contributed by atoms with Crippen molar-refractivity contribution in [2.45, 2.75) is 57.3 Å². The Kier molecular flexibility index (Phi) is 10.2. The van der Waals surface area contributed by atoms with Crippen molar-refractivity contribution in [1.82, 2.24) is 30.0 Å². The average molecular weight is 671 g/mol. The number of anilines is 4. The Bertz CT molecular complexity index is 1740. The molecule has 4 heterocycles. The smallest absolute Gasteiger partial charge is 0.475 e. The zero-order valence-electron chi connectivity index (χ0n) is 26.9. The first-order valence-electron chi connectivity index (χ1n) is 15.6. The number of likely N-dealkylation sites (tertiary alicyclic amines) is 1. The van der Waals surface area contributed by atoms with Crippen molar-refractivity contribution in [3.8, 4) is 0 Å². The molecule has 256 valence electrons. The Morgan fingerprint density at radius 1 is 1.00 bits per heavy atom. The number of benzene rings is 2. The molecule has 0 unspecified atom stereocenters. The van der Waals surface area contributed by atoms with E-state index < -0.39 is 17.8 Å². The summed E-state index contributed by atoms with van der Waals surface area (Å²) in [6, 6.07) is 14.5. The van der Waals surface area contributed by atoms with E-state index in [1.165, 1.54) is 5.56 Å². The quantitative estimate of drug-likeness (QED) is 0.185. The fourth-order valence-electron chi connectivity index (χ4n) is 6.02. The van der Waals surface area contributed by atoms with Crippen molar-refractivity contribution < 1.29 is 32.3 Å². The van der Waals surface area contributed by atoms with E-state index in [4.69, 9.17) is 14.9 Å². The first-order chi connectivity index (χ1) is 22.7. The molecule has 2 aromatic carbocycles. The third-order valence-corrected chi connectivity index (χ3v) is 8.75. The lowest BCUT2D eigenvalue weighted by Crippen LogP contribution is -2.53. The van der Waals surface area contributed by atoms with Gasteiger partial charge >= 0.3 is 12.1 Å². The predicted octanol–water partition coefficient (Wildman–Crippen LogP) is 5.90. The minimum atomic E-state index is -5.08. The van der Waals surface area contributed by atoms with Gasteiger partial charge in [0.25, 0.3) is 5.91 Å². The van der Waals surface area contributed by atoms with E-state index in [-0.39, 0.29) is 18.7 Å². The molecule has 4 aromatic rings. The number of nitrogens with one attached hydrogen (secondary N) is 3. The van der Waals surface area contributed by atoms with Gasteiger partial charge in [0, 0.05) is 50.6 Å². The van der Waals surface area contributed by atoms with Crippen LogP contribution in [0.2, 0.25) is 0 Å². The number of aryl methyl sites for hydroxylation is 3. The van der Waals surface area contributed by atoms with E-state index in [1.54, 1.807) is 15.8 Å². The molecule has 0 aliphatic carbocycles. The summed E-state index contributed by atoms with van der Waals surface area (Å²) in [5, 5.41) is 22.5. The Hall–Kier alpha value is -4.79. The highest BCUT2D eigenvalue weighted by Gasteiger charge is 2.43. The first-order valence-corrected chi connectivity index (χ1v) is 15.6. The second-order valence-corrected chi connectivity index (χ2v) is 12.1. The number of aliphatic carboxylic acids is 1. The summed E-state index contributed by atoms with van der Waals surface area (Å²) in [5.41, 5.74) is 4.48. The second-order valence-electron chi connectivity index (χ2n) is 12.1. The zero-order chi connectivity index (χ0) is 34.6. The zero-order valence-corrected chi connectivity index (χ0v) is 26.9. The number of fused-ring (bicyclic) bond motifs is 1. The molecule has 6 rings (SSSR count). The molecule has 4 N–H and O–H groups in total. The number of carbonyl (C=O) groups is 2. The van der Waals surface area contributed by atoms with Gasteiger partial charge in [-0.1, -0.05) is 30.3 Å². The van der Waals surface area contributed by atoms with Crippen molar-refractivity contribution >= 4 is 46.1 Å². The maximum absolute atomic E-state index is 15.2. The van der Waals surface area contributed by atoms with Crippen LogP contribution in [0.3, 0.4) is 0 Å². The average Bonchev–Trinajstić information content (AvgIpc) is 3.37. The van der Waals surface area contributed by atoms with Crippen LogP contribution < -0.4 is 16.0 Å². The predicted molar refractivity (Wildman–Crippen MR) is 173 cm³/mol. The summed E-state index contributed by atoms with van der Waals surface area (Å²) in [6.07, 6.45) is -1.08. The Morgan fingerprint density at radius 3 is 2.19 bits per heavy atom. The fourth-order valence-corrected chi connectivity index (χ4v) is 6.02. The monoisotopic (exact) mass is 670 g/mol. The van der Waals surface area contributed by atoms with Crippen LogP contribution in [-0.2, 0) is 16.6 Å². The molecule has 2 aliphatic rings. The number of alkyl halides is 4. The number of carbonyl (C=O) groups excluding carboxylic acids is 1. The van der Waals surface area contributed by atoms with Crippen LogP contribution >= 0.6 is 0 Å². The fraction of sp³-hybridized carbons (Fsp3) is 0.424. The summed E-state index contributed by atoms with van der Waals surface area (Å²) in [7, 11) is 1.88. The van der Waals surface area contributed by atoms with Crippen molar-refractivity contribution in [2.24, 2.45) is 7.05 Å². The lowest BCUT2D eigenvalue weighted by atomic mass is 9.87. The van der Waals surface area contributed by atoms with E-state index in [9.17, 15) is 18.0 Å². The summed E-state index contributed by atoms with van der Waals surface area (Å²) >= 11 is 0. The second kappa shape index (κ2) is 14.1. The number of piperidine rings is 2. The van der Waals surface area contributed by atoms with Crippen LogP contribution in [0.1, 0.15) is 48.3 Å². The molecule has 0 spiro atoms. The van der Waals surface area contributed by atoms with E-state index in [1.807, 2.05) is 25.2 Å². The maximum Gasteiger partial charge on any atom is 0.490 e. The summed E-state index contributed by atoms with van der Waals surface area (Å²) < 4.78 is 48.7. The van der Waals surface area contributed by atoms with Gasteiger partial charge in [-0.15, -0.1) is 0 Å². The largest absolute Gasteiger partial charge is 0.490 e. The third kappa shape index (κ3) is 7.84. The van der Waals surface area contributed by atoms with Crippen LogP contribution in [0.15, 0.2) is 48.7 Å². The maximum atomic E-state index is 15.2. The molecule has 1 amide bonds. The third-order valence-electron chi connectivity index (χ3n) is 8.75. The van der Waals surface area contributed by atoms with Crippen molar-refractivity contribution in [2.75, 3.05) is 36.8 Å². The lowest BCUT2D eigenvalue weighted by Gasteiger charge is -2.38. The molecule has 2 aliphatic heterocycles. The van der Waals surface area contributed by atoms with E-state index in [0.29, 0.717) is 38.0 Å². The van der Waals surface area contributed by atoms with Gasteiger partial charge in [-0.2, -0.15) is 23.3 Å². The van der Waals surface area contributed by atoms with E-state index in [0.717, 1.165) is 52.2 Å². The Morgan fingerprint density at radius 2 is 1.60 bits per heavy atom. The molecule has 2 fully saturated rings. The molecule has 11 nitrogen and oxygen atoms in total. The number of hydrogen-bond donors (Lipinski definition) is 4. The van der Waals surface area contributed by atoms with Crippen LogP contribution in [0, 0.1) is 13.8 Å². The molecule has 0 bridgehead atoms. The molecule has 2 aromatic heterocycles. The summed E-state index contributed by atoms with van der Waals surface area (Å²) in [4.78, 5) is 32.7. The number of para-hydroxylation sites is 1. The van der Waals surface area contributed by atoms with E-state index >= 15 is 4.39 Å². The number of carboxylic acid groups (broad SMARTS) is 1. The van der Waals surface area contributed by atoms with Crippen molar-refractivity contribution in [1.29, 1.82) is 0 Å². The van der Waals surface area contributed by atoms with Gasteiger partial charge in [0.2, 0.25) is 5.95 Å². The normalized spacial score (nSPS) is 16.6. The standard InChI is InChI=1S/C31H37FN8O.C2HF3O2/c1-20-5-4-6-21(2)26(20)36-27-25-19-34-30(37-28(25)39(3)38-27)35-24-9-7-22(8-10-24)23-11-17-40(18-12-23)29(41)31(32)13-15-33-16-14-31;3-2(4,5)1(6)7/h4-10,19,23,33H,11-18H2,1-3H3,(H,36,38)(H,34,35,37);(H,6,7). The SMILES string of the molecule is Cc1cccc(C)c1Nc1nn(C)c2nc(Nc3ccc(C4CCN(C(=O)C5(F)CCNCC5)CC4)cc3)ncc12.O=C(O)C(F)(F)F. The molecular weight excluding hydrogens is 632 g/mol. The van der Waals surface area contributed by atoms with Crippen LogP contribution in [-0.4, -0.2) is 79.7 Å². The van der Waals surface area contributed by atoms with Crippen LogP contribution in [0.25, 0.3) is 11.0 Å². The van der Waals surface area contributed by atoms with Crippen LogP contribution in [0.4, 0.5) is 40.7 Å². The number of halogens is 4. The highest BCUT2D eigenvalue weighted by atomic mass is 19.4. The molecule has 48 heavy (non-hydrogen) atoms. The van der Waals surface area contributed by atoms with Gasteiger partial charge in [-0.3, -0.25) is 4.79 Å². The van der Waals surface area contributed by atoms with Crippen molar-refractivity contribution in [3.05, 3.63) is 65.4 Å². The van der Waals surface area contributed by atoms with Gasteiger partial charge in [0.15, 0.2) is 17.1 Å². The number of aromatic nitrogens is 4. The molecule has 0 saturated carbocycles. The van der Waals surface area contributed by atoms with E-state index in [2.05, 4.69) is 64.1 Å². The van der Waals surface area contributed by atoms with Gasteiger partial charge in [-0.05, 0) is 74.5 Å². The number of hydrogen-bond acceptors (Lipinski definition) is 8. The summed E-state index contributed by atoms with van der Waals surface area (Å²) in [5.74, 6) is -1.51. The van der Waals surface area contributed by atoms with Gasteiger partial charge < -0.3 is 26.0 Å². The highest BCUT2D eigenvalue weighted by molar-refractivity contribution is 5.90. The molecule has 0 atom stereocenters. The minimum absolute atomic E-state index is 0.266. The minimum Gasteiger partial charge on any atom is -0.475 e. The molecule has 2 saturated heterocycles. The van der Waals surface area contributed by atoms with Gasteiger partial charge in [0.1, 0.15) is 0 Å². The molecular formula is C33H38F4N8O3. The highest BCUT2D eigenvalue weighted by Crippen LogP contribution is 2.33. The topological polar surface area (TPSA) is 137 Å². The Labute approximate surface area is 274 Å². The number of carboxylic acids is 1. The lowest BCUT2D eigenvalue weighted by molar-refractivity contribution is -0.192. The number of amides is 1. The summed E-state index contributed by atoms with van der Waals surface area (Å²) in [6.45, 7) is 6.47. The van der Waals surface area contributed by atoms with Crippen molar-refractivity contribution in [3.63, 3.8) is 0 Å². The van der Waals surface area contributed by atoms with Gasteiger partial charge in [0.05, 0.1) is 5.39 Å². The van der Waals surface area contributed by atoms with Crippen LogP contribution in [0.5, 0.6) is 0 Å². The Balaban J connectivity index is 0.000000582. The molecule has 0 radical (unpaired) electrons. The first kappa shape index (κ1) is 34.5. The van der Waals surface area contributed by atoms with Gasteiger partial charge in [-0.25, -0.2) is 18.9 Å². The molecule has 15 heteroatoms.